The standard InChI is InChI=1S/C13H20N2O2S/c1-9-6-11-12(7-10(9)2)15(18(5,16)17)8-13(3,4)14-11/h6-7,14H,8H2,1-5H3. The largest absolute Gasteiger partial charge is 0.377 e. The van der Waals surface area contributed by atoms with E-state index in [-0.39, 0.29) is 5.54 Å². The molecule has 0 bridgehead atoms. The van der Waals surface area contributed by atoms with Gasteiger partial charge in [-0.25, -0.2) is 8.42 Å². The highest BCUT2D eigenvalue weighted by atomic mass is 32.2. The lowest BCUT2D eigenvalue weighted by molar-refractivity contribution is 0.546. The molecule has 2 rings (SSSR count). The van der Waals surface area contributed by atoms with Gasteiger partial charge in [0.05, 0.1) is 29.7 Å². The number of nitrogens with one attached hydrogen (secondary N) is 1. The third-order valence-corrected chi connectivity index (χ3v) is 4.42. The minimum atomic E-state index is -3.25. The number of rotatable bonds is 1. The van der Waals surface area contributed by atoms with Gasteiger partial charge in [-0.1, -0.05) is 0 Å². The number of hydrogen-bond donors (Lipinski definition) is 1. The van der Waals surface area contributed by atoms with Gasteiger partial charge in [-0.05, 0) is 51.0 Å². The van der Waals surface area contributed by atoms with Gasteiger partial charge < -0.3 is 5.32 Å². The van der Waals surface area contributed by atoms with Crippen LogP contribution >= 0.6 is 0 Å². The molecule has 4 nitrogen and oxygen atoms in total. The van der Waals surface area contributed by atoms with Crippen molar-refractivity contribution in [1.82, 2.24) is 0 Å². The van der Waals surface area contributed by atoms with E-state index in [1.165, 1.54) is 10.6 Å². The van der Waals surface area contributed by atoms with Crippen LogP contribution in [0.5, 0.6) is 0 Å². The number of sulfonamides is 1. The van der Waals surface area contributed by atoms with E-state index in [4.69, 9.17) is 0 Å². The van der Waals surface area contributed by atoms with Crippen LogP contribution in [0, 0.1) is 13.8 Å². The predicted molar refractivity (Wildman–Crippen MR) is 75.8 cm³/mol. The van der Waals surface area contributed by atoms with Crippen LogP contribution in [-0.4, -0.2) is 26.8 Å². The lowest BCUT2D eigenvalue weighted by atomic mass is 9.99. The normalized spacial score (nSPS) is 18.2. The maximum absolute atomic E-state index is 11.9. The highest BCUT2D eigenvalue weighted by Gasteiger charge is 2.34. The summed E-state index contributed by atoms with van der Waals surface area (Å²) in [6.07, 6.45) is 1.26. The lowest BCUT2D eigenvalue weighted by Gasteiger charge is -2.41. The van der Waals surface area contributed by atoms with Gasteiger partial charge in [0.2, 0.25) is 10.0 Å². The Morgan fingerprint density at radius 1 is 1.22 bits per heavy atom. The molecule has 0 amide bonds. The quantitative estimate of drug-likeness (QED) is 0.850. The molecule has 0 unspecified atom stereocenters. The van der Waals surface area contributed by atoms with E-state index in [0.717, 1.165) is 22.5 Å². The van der Waals surface area contributed by atoms with Gasteiger partial charge in [0, 0.05) is 0 Å². The van der Waals surface area contributed by atoms with Crippen molar-refractivity contribution in [2.75, 3.05) is 22.4 Å². The van der Waals surface area contributed by atoms with Crippen LogP contribution < -0.4 is 9.62 Å². The maximum Gasteiger partial charge on any atom is 0.232 e. The summed E-state index contributed by atoms with van der Waals surface area (Å²) in [6, 6.07) is 3.96. The van der Waals surface area contributed by atoms with E-state index >= 15 is 0 Å². The van der Waals surface area contributed by atoms with E-state index in [1.807, 2.05) is 39.8 Å². The van der Waals surface area contributed by atoms with E-state index in [9.17, 15) is 8.42 Å². The van der Waals surface area contributed by atoms with Crippen molar-refractivity contribution in [3.63, 3.8) is 0 Å². The minimum absolute atomic E-state index is 0.266. The number of hydrogen-bond acceptors (Lipinski definition) is 3. The summed E-state index contributed by atoms with van der Waals surface area (Å²) in [5, 5.41) is 3.40. The summed E-state index contributed by atoms with van der Waals surface area (Å²) in [5.74, 6) is 0. The SMILES string of the molecule is Cc1cc2c(cc1C)N(S(C)(=O)=O)CC(C)(C)N2. The third-order valence-electron chi connectivity index (χ3n) is 3.29. The van der Waals surface area contributed by atoms with Gasteiger partial charge in [-0.2, -0.15) is 0 Å². The van der Waals surface area contributed by atoms with Crippen LogP contribution in [0.3, 0.4) is 0 Å². The maximum atomic E-state index is 11.9. The van der Waals surface area contributed by atoms with Crippen molar-refractivity contribution < 1.29 is 8.42 Å². The molecule has 0 fully saturated rings. The smallest absolute Gasteiger partial charge is 0.232 e. The molecule has 1 heterocycles. The fourth-order valence-corrected chi connectivity index (χ4v) is 3.32. The molecule has 1 aliphatic heterocycles. The van der Waals surface area contributed by atoms with Crippen molar-refractivity contribution in [3.05, 3.63) is 23.3 Å². The van der Waals surface area contributed by atoms with Gasteiger partial charge in [0.25, 0.3) is 0 Å². The molecular formula is C13H20N2O2S. The first-order valence-corrected chi connectivity index (χ1v) is 7.82. The summed E-state index contributed by atoms with van der Waals surface area (Å²) in [5.41, 5.74) is 3.63. The number of fused-ring (bicyclic) bond motifs is 1. The molecular weight excluding hydrogens is 248 g/mol. The number of anilines is 2. The molecule has 0 saturated heterocycles. The summed E-state index contributed by atoms with van der Waals surface area (Å²) in [4.78, 5) is 0. The summed E-state index contributed by atoms with van der Waals surface area (Å²) in [6.45, 7) is 8.48. The van der Waals surface area contributed by atoms with Gasteiger partial charge in [0.1, 0.15) is 0 Å². The molecule has 1 aromatic rings. The Balaban J connectivity index is 2.65. The van der Waals surface area contributed by atoms with Gasteiger partial charge >= 0.3 is 0 Å². The molecule has 0 spiro atoms. The van der Waals surface area contributed by atoms with Crippen molar-refractivity contribution in [3.8, 4) is 0 Å². The fourth-order valence-electron chi connectivity index (χ4n) is 2.25. The second-order valence-corrected chi connectivity index (χ2v) is 7.64. The summed E-state index contributed by atoms with van der Waals surface area (Å²) < 4.78 is 25.4. The first kappa shape index (κ1) is 13.2. The Labute approximate surface area is 109 Å². The van der Waals surface area contributed by atoms with E-state index in [1.54, 1.807) is 0 Å². The zero-order valence-corrected chi connectivity index (χ0v) is 12.4. The molecule has 1 N–H and O–H groups in total. The molecule has 0 aromatic heterocycles. The lowest BCUT2D eigenvalue weighted by Crippen LogP contribution is -2.50. The van der Waals surface area contributed by atoms with Crippen LogP contribution in [0.25, 0.3) is 0 Å². The molecule has 5 heteroatoms. The molecule has 1 aliphatic rings. The Morgan fingerprint density at radius 2 is 1.78 bits per heavy atom. The molecule has 100 valence electrons. The second-order valence-electron chi connectivity index (χ2n) is 5.73. The molecule has 18 heavy (non-hydrogen) atoms. The van der Waals surface area contributed by atoms with Crippen LogP contribution in [0.1, 0.15) is 25.0 Å². The fraction of sp³-hybridized carbons (Fsp3) is 0.538. The Morgan fingerprint density at radius 3 is 2.33 bits per heavy atom. The second kappa shape index (κ2) is 3.88. The predicted octanol–water partition coefficient (Wildman–Crippen LogP) is 2.27. The van der Waals surface area contributed by atoms with Gasteiger partial charge in [0.15, 0.2) is 0 Å². The van der Waals surface area contributed by atoms with Gasteiger partial charge in [-0.15, -0.1) is 0 Å². The summed E-state index contributed by atoms with van der Waals surface area (Å²) >= 11 is 0. The average Bonchev–Trinajstić information content (AvgIpc) is 2.17. The van der Waals surface area contributed by atoms with Crippen LogP contribution in [0.15, 0.2) is 12.1 Å². The minimum Gasteiger partial charge on any atom is -0.377 e. The first-order valence-electron chi connectivity index (χ1n) is 5.97. The van der Waals surface area contributed by atoms with E-state index in [0.29, 0.717) is 6.54 Å². The number of nitrogens with zero attached hydrogens (tertiary/aromatic N) is 1. The highest BCUT2D eigenvalue weighted by molar-refractivity contribution is 7.92. The van der Waals surface area contributed by atoms with Gasteiger partial charge in [-0.3, -0.25) is 4.31 Å². The molecule has 1 aromatic carbocycles. The first-order chi connectivity index (χ1) is 8.10. The zero-order valence-electron chi connectivity index (χ0n) is 11.5. The van der Waals surface area contributed by atoms with Crippen LogP contribution in [-0.2, 0) is 10.0 Å². The Bertz CT molecular complexity index is 591. The molecule has 0 saturated carbocycles. The van der Waals surface area contributed by atoms with Crippen molar-refractivity contribution in [1.29, 1.82) is 0 Å². The Kier molecular flexibility index (Phi) is 2.85. The number of aryl methyl sites for hydroxylation is 2. The molecule has 0 radical (unpaired) electrons. The monoisotopic (exact) mass is 268 g/mol. The van der Waals surface area contributed by atoms with Crippen LogP contribution in [0.4, 0.5) is 11.4 Å². The Hall–Kier alpha value is -1.23. The highest BCUT2D eigenvalue weighted by Crippen LogP contribution is 2.37. The van der Waals surface area contributed by atoms with Crippen molar-refractivity contribution in [2.45, 2.75) is 33.2 Å². The number of benzene rings is 1. The summed E-state index contributed by atoms with van der Waals surface area (Å²) in [7, 11) is -3.25. The van der Waals surface area contributed by atoms with E-state index < -0.39 is 10.0 Å². The van der Waals surface area contributed by atoms with Crippen molar-refractivity contribution >= 4 is 21.4 Å². The zero-order chi connectivity index (χ0) is 13.7. The van der Waals surface area contributed by atoms with Crippen LogP contribution in [0.2, 0.25) is 0 Å². The third kappa shape index (κ3) is 2.32. The molecule has 0 atom stereocenters. The molecule has 0 aliphatic carbocycles. The average molecular weight is 268 g/mol. The van der Waals surface area contributed by atoms with Crippen molar-refractivity contribution in [2.24, 2.45) is 0 Å². The van der Waals surface area contributed by atoms with E-state index in [2.05, 4.69) is 5.32 Å². The topological polar surface area (TPSA) is 49.4 Å².